The fraction of sp³-hybridized carbons (Fsp3) is 0. The number of rotatable bonds is 4. The zero-order valence-electron chi connectivity index (χ0n) is 13.7. The third-order valence-corrected chi connectivity index (χ3v) is 3.76. The van der Waals surface area contributed by atoms with Crippen molar-refractivity contribution in [1.82, 2.24) is 15.1 Å². The third kappa shape index (κ3) is 3.34. The van der Waals surface area contributed by atoms with Crippen LogP contribution in [0.3, 0.4) is 0 Å². The van der Waals surface area contributed by atoms with Gasteiger partial charge in [0.1, 0.15) is 5.82 Å². The molecule has 0 saturated heterocycles. The maximum absolute atomic E-state index is 12.2. The SMILES string of the molecule is O=C(Nc1ccccn1)c1ccc(-c2nc(-c3ccccc3)no2)cc1. The molecule has 6 heteroatoms. The van der Waals surface area contributed by atoms with Gasteiger partial charge in [-0.05, 0) is 36.4 Å². The van der Waals surface area contributed by atoms with Crippen LogP contribution in [0.4, 0.5) is 5.82 Å². The molecule has 0 unspecified atom stereocenters. The summed E-state index contributed by atoms with van der Waals surface area (Å²) in [6, 6.07) is 21.9. The third-order valence-electron chi connectivity index (χ3n) is 3.76. The molecule has 126 valence electrons. The summed E-state index contributed by atoms with van der Waals surface area (Å²) in [7, 11) is 0. The van der Waals surface area contributed by atoms with Crippen molar-refractivity contribution in [3.8, 4) is 22.8 Å². The molecule has 0 saturated carbocycles. The summed E-state index contributed by atoms with van der Waals surface area (Å²) >= 11 is 0. The molecule has 0 fully saturated rings. The van der Waals surface area contributed by atoms with Crippen molar-refractivity contribution in [2.24, 2.45) is 0 Å². The summed E-state index contributed by atoms with van der Waals surface area (Å²) in [5.41, 5.74) is 2.14. The standard InChI is InChI=1S/C20H14N4O2/c25-19(22-17-8-4-5-13-21-17)15-9-11-16(12-10-15)20-23-18(24-26-20)14-6-2-1-3-7-14/h1-13H,(H,21,22,25). The van der Waals surface area contributed by atoms with Gasteiger partial charge < -0.3 is 9.84 Å². The molecular weight excluding hydrogens is 328 g/mol. The molecular formula is C20H14N4O2. The van der Waals surface area contributed by atoms with Crippen LogP contribution in [0.2, 0.25) is 0 Å². The van der Waals surface area contributed by atoms with Crippen LogP contribution in [-0.2, 0) is 0 Å². The van der Waals surface area contributed by atoms with E-state index in [0.717, 1.165) is 11.1 Å². The molecule has 0 aliphatic carbocycles. The Labute approximate surface area is 149 Å². The van der Waals surface area contributed by atoms with E-state index < -0.39 is 0 Å². The van der Waals surface area contributed by atoms with Gasteiger partial charge in [-0.25, -0.2) is 4.98 Å². The van der Waals surface area contributed by atoms with E-state index in [2.05, 4.69) is 20.4 Å². The molecule has 0 atom stereocenters. The number of nitrogens with zero attached hydrogens (tertiary/aromatic N) is 3. The molecule has 0 aliphatic heterocycles. The van der Waals surface area contributed by atoms with Crippen LogP contribution in [0.1, 0.15) is 10.4 Å². The van der Waals surface area contributed by atoms with Crippen molar-refractivity contribution in [3.63, 3.8) is 0 Å². The number of carbonyl (C=O) groups is 1. The van der Waals surface area contributed by atoms with E-state index >= 15 is 0 Å². The van der Waals surface area contributed by atoms with E-state index in [1.165, 1.54) is 0 Å². The zero-order valence-corrected chi connectivity index (χ0v) is 13.7. The molecule has 4 rings (SSSR count). The summed E-state index contributed by atoms with van der Waals surface area (Å²) < 4.78 is 5.33. The quantitative estimate of drug-likeness (QED) is 0.605. The maximum Gasteiger partial charge on any atom is 0.258 e. The minimum atomic E-state index is -0.231. The lowest BCUT2D eigenvalue weighted by Crippen LogP contribution is -2.12. The first-order chi connectivity index (χ1) is 12.8. The molecule has 2 heterocycles. The smallest absolute Gasteiger partial charge is 0.258 e. The van der Waals surface area contributed by atoms with E-state index in [-0.39, 0.29) is 5.91 Å². The van der Waals surface area contributed by atoms with Crippen LogP contribution in [0.5, 0.6) is 0 Å². The highest BCUT2D eigenvalue weighted by Gasteiger charge is 2.12. The van der Waals surface area contributed by atoms with Crippen LogP contribution in [0.25, 0.3) is 22.8 Å². The fourth-order valence-corrected chi connectivity index (χ4v) is 2.43. The summed E-state index contributed by atoms with van der Waals surface area (Å²) in [5.74, 6) is 1.20. The molecule has 1 amide bonds. The van der Waals surface area contributed by atoms with Crippen molar-refractivity contribution in [2.45, 2.75) is 0 Å². The number of anilines is 1. The Kier molecular flexibility index (Phi) is 4.22. The van der Waals surface area contributed by atoms with Crippen LogP contribution >= 0.6 is 0 Å². The van der Waals surface area contributed by atoms with Gasteiger partial charge in [0, 0.05) is 22.9 Å². The highest BCUT2D eigenvalue weighted by Crippen LogP contribution is 2.22. The van der Waals surface area contributed by atoms with Crippen molar-refractivity contribution >= 4 is 11.7 Å². The molecule has 2 aromatic heterocycles. The molecule has 0 spiro atoms. The van der Waals surface area contributed by atoms with Gasteiger partial charge in [0.2, 0.25) is 5.82 Å². The number of carbonyl (C=O) groups excluding carboxylic acids is 1. The molecule has 2 aromatic carbocycles. The largest absolute Gasteiger partial charge is 0.334 e. The number of pyridine rings is 1. The summed E-state index contributed by atoms with van der Waals surface area (Å²) in [6.45, 7) is 0. The fourth-order valence-electron chi connectivity index (χ4n) is 2.43. The Bertz CT molecular complexity index is 1010. The average molecular weight is 342 g/mol. The lowest BCUT2D eigenvalue weighted by atomic mass is 10.1. The van der Waals surface area contributed by atoms with Crippen LogP contribution in [0, 0.1) is 0 Å². The number of hydrogen-bond acceptors (Lipinski definition) is 5. The maximum atomic E-state index is 12.2. The van der Waals surface area contributed by atoms with E-state index in [0.29, 0.717) is 23.1 Å². The summed E-state index contributed by atoms with van der Waals surface area (Å²) in [4.78, 5) is 20.7. The number of benzene rings is 2. The van der Waals surface area contributed by atoms with Gasteiger partial charge in [-0.2, -0.15) is 4.98 Å². The van der Waals surface area contributed by atoms with E-state index in [9.17, 15) is 4.79 Å². The molecule has 0 aliphatic rings. The second-order valence-corrected chi connectivity index (χ2v) is 5.54. The topological polar surface area (TPSA) is 80.9 Å². The predicted octanol–water partition coefficient (Wildman–Crippen LogP) is 4.05. The monoisotopic (exact) mass is 342 g/mol. The van der Waals surface area contributed by atoms with Gasteiger partial charge in [0.05, 0.1) is 0 Å². The van der Waals surface area contributed by atoms with E-state index in [1.807, 2.05) is 36.4 Å². The van der Waals surface area contributed by atoms with Gasteiger partial charge in [-0.3, -0.25) is 4.79 Å². The molecule has 6 nitrogen and oxygen atoms in total. The Morgan fingerprint density at radius 1 is 0.846 bits per heavy atom. The molecule has 4 aromatic rings. The van der Waals surface area contributed by atoms with Gasteiger partial charge in [0.25, 0.3) is 11.8 Å². The lowest BCUT2D eigenvalue weighted by Gasteiger charge is -2.04. The highest BCUT2D eigenvalue weighted by atomic mass is 16.5. The Morgan fingerprint density at radius 3 is 2.35 bits per heavy atom. The first kappa shape index (κ1) is 15.7. The minimum absolute atomic E-state index is 0.231. The molecule has 1 N–H and O–H groups in total. The molecule has 26 heavy (non-hydrogen) atoms. The second-order valence-electron chi connectivity index (χ2n) is 5.54. The molecule has 0 radical (unpaired) electrons. The van der Waals surface area contributed by atoms with E-state index in [1.54, 1.807) is 42.6 Å². The highest BCUT2D eigenvalue weighted by molar-refractivity contribution is 6.03. The molecule has 0 bridgehead atoms. The van der Waals surface area contributed by atoms with Gasteiger partial charge in [-0.15, -0.1) is 0 Å². The first-order valence-corrected chi connectivity index (χ1v) is 8.01. The van der Waals surface area contributed by atoms with Crippen LogP contribution < -0.4 is 5.32 Å². The normalized spacial score (nSPS) is 10.5. The van der Waals surface area contributed by atoms with Gasteiger partial charge in [-0.1, -0.05) is 41.6 Å². The van der Waals surface area contributed by atoms with E-state index in [4.69, 9.17) is 4.52 Å². The van der Waals surface area contributed by atoms with Crippen molar-refractivity contribution in [2.75, 3.05) is 5.32 Å². The Balaban J connectivity index is 1.51. The lowest BCUT2D eigenvalue weighted by molar-refractivity contribution is 0.102. The minimum Gasteiger partial charge on any atom is -0.334 e. The van der Waals surface area contributed by atoms with Crippen LogP contribution in [0.15, 0.2) is 83.5 Å². The summed E-state index contributed by atoms with van der Waals surface area (Å²) in [5, 5.41) is 6.74. The number of hydrogen-bond donors (Lipinski definition) is 1. The number of nitrogens with one attached hydrogen (secondary N) is 1. The Morgan fingerprint density at radius 2 is 1.62 bits per heavy atom. The van der Waals surface area contributed by atoms with Gasteiger partial charge >= 0.3 is 0 Å². The first-order valence-electron chi connectivity index (χ1n) is 8.01. The second kappa shape index (κ2) is 6.98. The van der Waals surface area contributed by atoms with Crippen molar-refractivity contribution in [1.29, 1.82) is 0 Å². The zero-order chi connectivity index (χ0) is 17.8. The predicted molar refractivity (Wildman–Crippen MR) is 97.4 cm³/mol. The Hall–Kier alpha value is -3.80. The summed E-state index contributed by atoms with van der Waals surface area (Å²) in [6.07, 6.45) is 1.62. The van der Waals surface area contributed by atoms with Gasteiger partial charge in [0.15, 0.2) is 0 Å². The van der Waals surface area contributed by atoms with Crippen molar-refractivity contribution in [3.05, 3.63) is 84.6 Å². The number of amides is 1. The number of aromatic nitrogens is 3. The van der Waals surface area contributed by atoms with Crippen LogP contribution in [-0.4, -0.2) is 21.0 Å². The van der Waals surface area contributed by atoms with Crippen molar-refractivity contribution < 1.29 is 9.32 Å². The average Bonchev–Trinajstić information content (AvgIpc) is 3.20.